The van der Waals surface area contributed by atoms with Crippen molar-refractivity contribution in [2.45, 2.75) is 31.3 Å². The lowest BCUT2D eigenvalue weighted by atomic mass is 9.95. The van der Waals surface area contributed by atoms with Crippen LogP contribution in [0.25, 0.3) is 0 Å². The molecule has 8 heteroatoms. The second-order valence-electron chi connectivity index (χ2n) is 7.90. The average Bonchev–Trinajstić information content (AvgIpc) is 3.43. The Morgan fingerprint density at radius 3 is 2.83 bits per heavy atom. The first kappa shape index (κ1) is 22.9. The van der Waals surface area contributed by atoms with Crippen LogP contribution in [0.3, 0.4) is 0 Å². The number of halogens is 1. The number of ether oxygens (including phenoxy) is 2. The van der Waals surface area contributed by atoms with Crippen LogP contribution in [0.5, 0.6) is 5.75 Å². The quantitative estimate of drug-likeness (QED) is 0.357. The molecule has 1 aliphatic heterocycles. The third-order valence-electron chi connectivity index (χ3n) is 5.86. The summed E-state index contributed by atoms with van der Waals surface area (Å²) in [6.07, 6.45) is 6.23. The number of para-hydroxylation sites is 1. The summed E-state index contributed by atoms with van der Waals surface area (Å²) in [7, 11) is 3.68. The Hall–Kier alpha value is -1.81. The molecule has 1 saturated heterocycles. The lowest BCUT2D eigenvalue weighted by molar-refractivity contribution is -0.00805. The minimum absolute atomic E-state index is 0. The highest BCUT2D eigenvalue weighted by Gasteiger charge is 2.46. The number of nitrogens with one attached hydrogen (secondary N) is 1. The van der Waals surface area contributed by atoms with Crippen LogP contribution in [0.2, 0.25) is 0 Å². The SMILES string of the molecule is CCNC(=NCC1(c2ccccc2OC)CC1)N1CCOC(c2cnn(C)c2)C1.I. The fraction of sp³-hybridized carbons (Fsp3) is 0.545. The second kappa shape index (κ2) is 10.00. The number of aryl methyl sites for hydroxylation is 1. The molecule has 1 aliphatic carbocycles. The van der Waals surface area contributed by atoms with E-state index in [9.17, 15) is 0 Å². The molecule has 2 fully saturated rings. The van der Waals surface area contributed by atoms with E-state index in [-0.39, 0.29) is 35.5 Å². The molecule has 1 unspecified atom stereocenters. The summed E-state index contributed by atoms with van der Waals surface area (Å²) in [5, 5.41) is 7.76. The summed E-state index contributed by atoms with van der Waals surface area (Å²) in [4.78, 5) is 7.36. The smallest absolute Gasteiger partial charge is 0.194 e. The van der Waals surface area contributed by atoms with Gasteiger partial charge in [0.2, 0.25) is 0 Å². The number of benzene rings is 1. The van der Waals surface area contributed by atoms with Gasteiger partial charge in [-0.2, -0.15) is 5.10 Å². The zero-order chi connectivity index (χ0) is 20.3. The van der Waals surface area contributed by atoms with Crippen LogP contribution in [-0.2, 0) is 17.2 Å². The fourth-order valence-electron chi connectivity index (χ4n) is 4.05. The Bertz CT molecular complexity index is 865. The van der Waals surface area contributed by atoms with Crippen molar-refractivity contribution in [3.63, 3.8) is 0 Å². The maximum Gasteiger partial charge on any atom is 0.194 e. The minimum Gasteiger partial charge on any atom is -0.496 e. The Morgan fingerprint density at radius 2 is 2.17 bits per heavy atom. The summed E-state index contributed by atoms with van der Waals surface area (Å²) in [6.45, 7) is 6.02. The van der Waals surface area contributed by atoms with Gasteiger partial charge in [0, 0.05) is 42.9 Å². The van der Waals surface area contributed by atoms with Crippen LogP contribution in [0.15, 0.2) is 41.7 Å². The fourth-order valence-corrected chi connectivity index (χ4v) is 4.05. The van der Waals surface area contributed by atoms with Crippen molar-refractivity contribution in [2.24, 2.45) is 12.0 Å². The number of nitrogens with zero attached hydrogens (tertiary/aromatic N) is 4. The topological polar surface area (TPSA) is 63.9 Å². The van der Waals surface area contributed by atoms with Crippen LogP contribution < -0.4 is 10.1 Å². The van der Waals surface area contributed by atoms with Gasteiger partial charge >= 0.3 is 0 Å². The van der Waals surface area contributed by atoms with Gasteiger partial charge in [-0.1, -0.05) is 18.2 Å². The third-order valence-corrected chi connectivity index (χ3v) is 5.86. The van der Waals surface area contributed by atoms with Crippen LogP contribution in [0, 0.1) is 0 Å². The molecule has 2 heterocycles. The van der Waals surface area contributed by atoms with Crippen molar-refractivity contribution in [3.8, 4) is 5.75 Å². The molecule has 1 aromatic carbocycles. The Kier molecular flexibility index (Phi) is 7.62. The lowest BCUT2D eigenvalue weighted by Gasteiger charge is -2.35. The van der Waals surface area contributed by atoms with Gasteiger partial charge in [0.1, 0.15) is 11.9 Å². The summed E-state index contributed by atoms with van der Waals surface area (Å²) in [5.41, 5.74) is 2.49. The average molecular weight is 525 g/mol. The predicted octanol–water partition coefficient (Wildman–Crippen LogP) is 3.12. The van der Waals surface area contributed by atoms with E-state index in [0.717, 1.165) is 56.3 Å². The van der Waals surface area contributed by atoms with E-state index < -0.39 is 0 Å². The minimum atomic E-state index is 0. The van der Waals surface area contributed by atoms with E-state index in [1.807, 2.05) is 36.3 Å². The largest absolute Gasteiger partial charge is 0.496 e. The molecule has 0 spiro atoms. The molecular weight excluding hydrogens is 493 g/mol. The number of hydrogen-bond acceptors (Lipinski definition) is 4. The number of hydrogen-bond donors (Lipinski definition) is 1. The van der Waals surface area contributed by atoms with Crippen molar-refractivity contribution >= 4 is 29.9 Å². The van der Waals surface area contributed by atoms with Gasteiger partial charge in [-0.05, 0) is 25.8 Å². The molecule has 4 rings (SSSR count). The number of aromatic nitrogens is 2. The van der Waals surface area contributed by atoms with Gasteiger partial charge in [0.05, 0.1) is 33.0 Å². The highest BCUT2D eigenvalue weighted by atomic mass is 127. The van der Waals surface area contributed by atoms with Crippen molar-refractivity contribution in [3.05, 3.63) is 47.8 Å². The predicted molar refractivity (Wildman–Crippen MR) is 129 cm³/mol. The van der Waals surface area contributed by atoms with Crippen molar-refractivity contribution in [2.75, 3.05) is 39.9 Å². The molecule has 1 saturated carbocycles. The molecule has 0 amide bonds. The summed E-state index contributed by atoms with van der Waals surface area (Å²) in [5.74, 6) is 1.93. The molecule has 2 aliphatic rings. The van der Waals surface area contributed by atoms with Crippen LogP contribution in [-0.4, -0.2) is 60.5 Å². The van der Waals surface area contributed by atoms with Gasteiger partial charge in [-0.3, -0.25) is 9.67 Å². The van der Waals surface area contributed by atoms with Gasteiger partial charge in [0.15, 0.2) is 5.96 Å². The number of morpholine rings is 1. The molecule has 0 radical (unpaired) electrons. The van der Waals surface area contributed by atoms with Crippen molar-refractivity contribution < 1.29 is 9.47 Å². The molecule has 1 N–H and O–H groups in total. The number of aliphatic imine (C=N–C) groups is 1. The summed E-state index contributed by atoms with van der Waals surface area (Å²) >= 11 is 0. The maximum atomic E-state index is 6.00. The van der Waals surface area contributed by atoms with Gasteiger partial charge in [0.25, 0.3) is 0 Å². The molecular formula is C22H32IN5O2. The zero-order valence-corrected chi connectivity index (χ0v) is 20.3. The lowest BCUT2D eigenvalue weighted by Crippen LogP contribution is -2.48. The molecule has 0 bridgehead atoms. The van der Waals surface area contributed by atoms with E-state index in [0.29, 0.717) is 6.61 Å². The van der Waals surface area contributed by atoms with E-state index in [4.69, 9.17) is 14.5 Å². The summed E-state index contributed by atoms with van der Waals surface area (Å²) < 4.78 is 13.4. The second-order valence-corrected chi connectivity index (χ2v) is 7.90. The zero-order valence-electron chi connectivity index (χ0n) is 18.0. The van der Waals surface area contributed by atoms with Crippen LogP contribution in [0.1, 0.15) is 37.0 Å². The number of methoxy groups -OCH3 is 1. The first-order chi connectivity index (χ1) is 14.1. The molecule has 7 nitrogen and oxygen atoms in total. The first-order valence-corrected chi connectivity index (χ1v) is 10.4. The Labute approximate surface area is 195 Å². The van der Waals surface area contributed by atoms with E-state index in [1.165, 1.54) is 5.56 Å². The molecule has 164 valence electrons. The third kappa shape index (κ3) is 4.91. The standard InChI is InChI=1S/C22H31N5O2.HI/c1-4-23-21(27-11-12-29-20(15-27)17-13-25-26(2)14-17)24-16-22(9-10-22)18-7-5-6-8-19(18)28-3;/h5-8,13-14,20H,4,9-12,15-16H2,1-3H3,(H,23,24);1H. The van der Waals surface area contributed by atoms with Crippen molar-refractivity contribution in [1.82, 2.24) is 20.0 Å². The Morgan fingerprint density at radius 1 is 1.37 bits per heavy atom. The Balaban J connectivity index is 0.00000256. The van der Waals surface area contributed by atoms with Crippen LogP contribution >= 0.6 is 24.0 Å². The highest BCUT2D eigenvalue weighted by molar-refractivity contribution is 14.0. The normalized spacial score (nSPS) is 20.4. The molecule has 30 heavy (non-hydrogen) atoms. The number of guanidine groups is 1. The van der Waals surface area contributed by atoms with Crippen molar-refractivity contribution in [1.29, 1.82) is 0 Å². The van der Waals surface area contributed by atoms with Gasteiger partial charge in [-0.25, -0.2) is 0 Å². The molecule has 1 aromatic heterocycles. The molecule has 1 atom stereocenters. The first-order valence-electron chi connectivity index (χ1n) is 10.4. The molecule has 2 aromatic rings. The van der Waals surface area contributed by atoms with Gasteiger partial charge < -0.3 is 19.7 Å². The van der Waals surface area contributed by atoms with Crippen LogP contribution in [0.4, 0.5) is 0 Å². The van der Waals surface area contributed by atoms with E-state index in [2.05, 4.69) is 34.4 Å². The highest BCUT2D eigenvalue weighted by Crippen LogP contribution is 2.51. The van der Waals surface area contributed by atoms with E-state index in [1.54, 1.807) is 7.11 Å². The monoisotopic (exact) mass is 525 g/mol. The van der Waals surface area contributed by atoms with E-state index >= 15 is 0 Å². The maximum absolute atomic E-state index is 6.00. The summed E-state index contributed by atoms with van der Waals surface area (Å²) in [6, 6.07) is 8.34. The van der Waals surface area contributed by atoms with Gasteiger partial charge in [-0.15, -0.1) is 24.0 Å². The number of rotatable bonds is 6.